The first-order valence-electron chi connectivity index (χ1n) is 8.20. The van der Waals surface area contributed by atoms with E-state index in [9.17, 15) is 14.4 Å². The van der Waals surface area contributed by atoms with Crippen LogP contribution in [0, 0.1) is 11.8 Å². The van der Waals surface area contributed by atoms with Crippen molar-refractivity contribution in [3.8, 4) is 0 Å². The van der Waals surface area contributed by atoms with Crippen molar-refractivity contribution in [2.24, 2.45) is 11.8 Å². The van der Waals surface area contributed by atoms with E-state index in [2.05, 4.69) is 4.98 Å². The molecule has 0 saturated carbocycles. The number of aromatic amines is 1. The molecule has 0 aliphatic rings. The van der Waals surface area contributed by atoms with Crippen LogP contribution >= 0.6 is 11.3 Å². The molecular weight excluding hydrogens is 340 g/mol. The molecule has 0 radical (unpaired) electrons. The lowest BCUT2D eigenvalue weighted by Gasteiger charge is -2.26. The molecule has 0 bridgehead atoms. The second-order valence-electron chi connectivity index (χ2n) is 6.78. The molecule has 8 heteroatoms. The molecule has 7 nitrogen and oxygen atoms in total. The van der Waals surface area contributed by atoms with Crippen LogP contribution in [0.1, 0.15) is 37.4 Å². The largest absolute Gasteiger partial charge is 0.383 e. The van der Waals surface area contributed by atoms with Crippen molar-refractivity contribution in [1.29, 1.82) is 0 Å². The second-order valence-corrected chi connectivity index (χ2v) is 7.73. The van der Waals surface area contributed by atoms with E-state index in [1.165, 1.54) is 20.8 Å². The minimum Gasteiger partial charge on any atom is -0.383 e. The molecule has 136 valence electrons. The zero-order valence-electron chi connectivity index (χ0n) is 14.9. The van der Waals surface area contributed by atoms with E-state index < -0.39 is 11.2 Å². The number of anilines is 2. The Morgan fingerprint density at radius 2 is 1.96 bits per heavy atom. The monoisotopic (exact) mass is 364 g/mol. The van der Waals surface area contributed by atoms with Gasteiger partial charge in [0.25, 0.3) is 11.5 Å². The van der Waals surface area contributed by atoms with Gasteiger partial charge in [0.2, 0.25) is 0 Å². The molecule has 2 aromatic rings. The van der Waals surface area contributed by atoms with Crippen molar-refractivity contribution >= 4 is 28.7 Å². The Morgan fingerprint density at radius 1 is 1.28 bits per heavy atom. The summed E-state index contributed by atoms with van der Waals surface area (Å²) in [6.07, 6.45) is 0. The maximum absolute atomic E-state index is 12.9. The standard InChI is InChI=1S/C17H24N4O3S/c1-10(2)8-20(16(23)12-6-5-7-25-12)13-14(18)21(9-11(3)4)17(24)19-15(13)22/h5-7,10-11H,8-9,18H2,1-4H3,(H,19,22,24). The highest BCUT2D eigenvalue weighted by Gasteiger charge is 2.26. The van der Waals surface area contributed by atoms with Gasteiger partial charge in [-0.15, -0.1) is 11.3 Å². The molecule has 0 saturated heterocycles. The summed E-state index contributed by atoms with van der Waals surface area (Å²) in [7, 11) is 0. The van der Waals surface area contributed by atoms with Gasteiger partial charge in [-0.25, -0.2) is 4.79 Å². The smallest absolute Gasteiger partial charge is 0.330 e. The van der Waals surface area contributed by atoms with Crippen LogP contribution < -0.4 is 21.9 Å². The number of H-pyrrole nitrogens is 1. The number of nitrogens with one attached hydrogen (secondary N) is 1. The lowest BCUT2D eigenvalue weighted by Crippen LogP contribution is -2.42. The van der Waals surface area contributed by atoms with E-state index in [4.69, 9.17) is 5.73 Å². The highest BCUT2D eigenvalue weighted by molar-refractivity contribution is 7.12. The predicted molar refractivity (Wildman–Crippen MR) is 101 cm³/mol. The van der Waals surface area contributed by atoms with Crippen LogP contribution in [0.15, 0.2) is 27.1 Å². The number of aromatic nitrogens is 2. The number of nitrogen functional groups attached to an aromatic ring is 1. The highest BCUT2D eigenvalue weighted by atomic mass is 32.1. The van der Waals surface area contributed by atoms with E-state index in [0.717, 1.165) is 0 Å². The van der Waals surface area contributed by atoms with Crippen LogP contribution in [-0.4, -0.2) is 22.0 Å². The van der Waals surface area contributed by atoms with E-state index in [1.807, 2.05) is 27.7 Å². The summed E-state index contributed by atoms with van der Waals surface area (Å²) in [5.74, 6) is 0.00198. The van der Waals surface area contributed by atoms with Crippen molar-refractivity contribution in [2.75, 3.05) is 17.2 Å². The first kappa shape index (κ1) is 19.0. The molecule has 25 heavy (non-hydrogen) atoms. The third-order valence-electron chi connectivity index (χ3n) is 3.56. The second kappa shape index (κ2) is 7.69. The number of hydrogen-bond donors (Lipinski definition) is 2. The van der Waals surface area contributed by atoms with Crippen LogP contribution in [0.3, 0.4) is 0 Å². The third-order valence-corrected chi connectivity index (χ3v) is 4.41. The Hall–Kier alpha value is -2.35. The van der Waals surface area contributed by atoms with Crippen LogP contribution in [0.4, 0.5) is 11.5 Å². The number of nitrogens with two attached hydrogens (primary N) is 1. The number of carbonyl (C=O) groups is 1. The van der Waals surface area contributed by atoms with Crippen molar-refractivity contribution in [3.05, 3.63) is 43.2 Å². The molecule has 0 aromatic carbocycles. The van der Waals surface area contributed by atoms with Crippen LogP contribution in [0.25, 0.3) is 0 Å². The normalized spacial score (nSPS) is 11.3. The van der Waals surface area contributed by atoms with Gasteiger partial charge in [-0.3, -0.25) is 24.0 Å². The molecule has 2 aromatic heterocycles. The fraction of sp³-hybridized carbons (Fsp3) is 0.471. The van der Waals surface area contributed by atoms with Crippen molar-refractivity contribution < 1.29 is 4.79 Å². The van der Waals surface area contributed by atoms with Gasteiger partial charge in [-0.1, -0.05) is 33.8 Å². The zero-order chi connectivity index (χ0) is 18.7. The van der Waals surface area contributed by atoms with Gasteiger partial charge in [0, 0.05) is 13.1 Å². The minimum atomic E-state index is -0.645. The van der Waals surface area contributed by atoms with Gasteiger partial charge in [-0.2, -0.15) is 0 Å². The summed E-state index contributed by atoms with van der Waals surface area (Å²) in [5.41, 5.74) is 4.98. The molecule has 0 fully saturated rings. The highest BCUT2D eigenvalue weighted by Crippen LogP contribution is 2.23. The molecule has 1 amide bonds. The Labute approximate surface area is 150 Å². The molecule has 0 unspecified atom stereocenters. The first-order valence-corrected chi connectivity index (χ1v) is 9.08. The average Bonchev–Trinajstić information content (AvgIpc) is 3.03. The fourth-order valence-corrected chi connectivity index (χ4v) is 3.23. The molecular formula is C17H24N4O3S. The van der Waals surface area contributed by atoms with E-state index in [0.29, 0.717) is 18.0 Å². The predicted octanol–water partition coefficient (Wildman–Crippen LogP) is 2.14. The van der Waals surface area contributed by atoms with Crippen LogP contribution in [0.5, 0.6) is 0 Å². The third kappa shape index (κ3) is 4.19. The first-order chi connectivity index (χ1) is 11.7. The Balaban J connectivity index is 2.62. The number of rotatable bonds is 6. The number of carbonyl (C=O) groups excluding carboxylic acids is 1. The lowest BCUT2D eigenvalue weighted by molar-refractivity contribution is 0.0987. The van der Waals surface area contributed by atoms with Crippen LogP contribution in [0.2, 0.25) is 0 Å². The molecule has 2 rings (SSSR count). The fourth-order valence-electron chi connectivity index (χ4n) is 2.56. The van der Waals surface area contributed by atoms with Gasteiger partial charge in [0.05, 0.1) is 4.88 Å². The molecule has 0 aliphatic carbocycles. The van der Waals surface area contributed by atoms with Gasteiger partial charge in [-0.05, 0) is 23.3 Å². The summed E-state index contributed by atoms with van der Waals surface area (Å²) in [6.45, 7) is 8.46. The van der Waals surface area contributed by atoms with E-state index in [-0.39, 0.29) is 29.2 Å². The molecule has 0 spiro atoms. The molecule has 2 heterocycles. The summed E-state index contributed by atoms with van der Waals surface area (Å²) in [4.78, 5) is 41.7. The lowest BCUT2D eigenvalue weighted by atomic mass is 10.2. The van der Waals surface area contributed by atoms with Crippen molar-refractivity contribution in [1.82, 2.24) is 9.55 Å². The van der Waals surface area contributed by atoms with Gasteiger partial charge >= 0.3 is 5.69 Å². The van der Waals surface area contributed by atoms with Gasteiger partial charge in [0.1, 0.15) is 5.82 Å². The number of thiophene rings is 1. The Morgan fingerprint density at radius 3 is 2.48 bits per heavy atom. The van der Waals surface area contributed by atoms with Crippen LogP contribution in [-0.2, 0) is 6.54 Å². The number of nitrogens with zero attached hydrogens (tertiary/aromatic N) is 2. The summed E-state index contributed by atoms with van der Waals surface area (Å²) >= 11 is 1.30. The summed E-state index contributed by atoms with van der Waals surface area (Å²) in [5, 5.41) is 1.80. The zero-order valence-corrected chi connectivity index (χ0v) is 15.7. The van der Waals surface area contributed by atoms with Crippen molar-refractivity contribution in [2.45, 2.75) is 34.2 Å². The minimum absolute atomic E-state index is 0.0213. The van der Waals surface area contributed by atoms with Gasteiger partial charge < -0.3 is 5.73 Å². The van der Waals surface area contributed by atoms with E-state index >= 15 is 0 Å². The average molecular weight is 364 g/mol. The van der Waals surface area contributed by atoms with E-state index in [1.54, 1.807) is 17.5 Å². The number of hydrogen-bond acceptors (Lipinski definition) is 5. The maximum Gasteiger partial charge on any atom is 0.330 e. The molecule has 0 atom stereocenters. The summed E-state index contributed by atoms with van der Waals surface area (Å²) in [6, 6.07) is 3.48. The molecule has 0 aliphatic heterocycles. The van der Waals surface area contributed by atoms with Crippen molar-refractivity contribution in [3.63, 3.8) is 0 Å². The SMILES string of the molecule is CC(C)CN(C(=O)c1cccs1)c1c(N)n(CC(C)C)c(=O)[nH]c1=O. The van der Waals surface area contributed by atoms with Gasteiger partial charge in [0.15, 0.2) is 5.69 Å². The number of amides is 1. The quantitative estimate of drug-likeness (QED) is 0.820. The summed E-state index contributed by atoms with van der Waals surface area (Å²) < 4.78 is 1.32. The Kier molecular flexibility index (Phi) is 5.84. The topological polar surface area (TPSA) is 101 Å². The maximum atomic E-state index is 12.9. The molecule has 3 N–H and O–H groups in total. The Bertz CT molecular complexity index is 850.